The second-order valence-corrected chi connectivity index (χ2v) is 6.30. The van der Waals surface area contributed by atoms with Crippen LogP contribution in [0.4, 0.5) is 0 Å². The molecule has 1 fully saturated rings. The van der Waals surface area contributed by atoms with Crippen molar-refractivity contribution in [2.75, 3.05) is 13.1 Å². The number of nitrogens with zero attached hydrogens (tertiary/aromatic N) is 1. The van der Waals surface area contributed by atoms with Crippen molar-refractivity contribution in [3.8, 4) is 0 Å². The quantitative estimate of drug-likeness (QED) is 0.931. The van der Waals surface area contributed by atoms with Crippen LogP contribution >= 0.6 is 0 Å². The maximum Gasteiger partial charge on any atom is 0.254 e. The van der Waals surface area contributed by atoms with Crippen LogP contribution in [0.3, 0.4) is 0 Å². The summed E-state index contributed by atoms with van der Waals surface area (Å²) in [7, 11) is 0. The zero-order chi connectivity index (χ0) is 15.7. The van der Waals surface area contributed by atoms with E-state index in [2.05, 4.69) is 5.32 Å². The van der Waals surface area contributed by atoms with Gasteiger partial charge in [-0.1, -0.05) is 23.8 Å². The minimum absolute atomic E-state index is 0.0427. The van der Waals surface area contributed by atoms with Gasteiger partial charge in [0.05, 0.1) is 0 Å². The fourth-order valence-corrected chi connectivity index (χ4v) is 2.79. The van der Waals surface area contributed by atoms with E-state index >= 15 is 0 Å². The minimum Gasteiger partial charge on any atom is -0.350 e. The summed E-state index contributed by atoms with van der Waals surface area (Å²) in [6.07, 6.45) is 4.71. The van der Waals surface area contributed by atoms with E-state index in [-0.39, 0.29) is 11.8 Å². The van der Waals surface area contributed by atoms with E-state index in [0.717, 1.165) is 35.1 Å². The lowest BCUT2D eigenvalue weighted by Crippen LogP contribution is -2.38. The Hall–Kier alpha value is -2.10. The molecule has 22 heavy (non-hydrogen) atoms. The van der Waals surface area contributed by atoms with Crippen LogP contribution in [0.25, 0.3) is 0 Å². The summed E-state index contributed by atoms with van der Waals surface area (Å²) >= 11 is 0. The maximum absolute atomic E-state index is 12.6. The first-order valence-electron chi connectivity index (χ1n) is 7.91. The Morgan fingerprint density at radius 3 is 2.59 bits per heavy atom. The molecule has 0 aromatic heterocycles. The van der Waals surface area contributed by atoms with Crippen molar-refractivity contribution in [1.82, 2.24) is 10.2 Å². The number of hydrogen-bond donors (Lipinski definition) is 1. The van der Waals surface area contributed by atoms with Crippen molar-refractivity contribution in [2.24, 2.45) is 0 Å². The lowest BCUT2D eigenvalue weighted by atomic mass is 10.0. The van der Waals surface area contributed by atoms with Crippen molar-refractivity contribution < 1.29 is 9.59 Å². The van der Waals surface area contributed by atoms with Gasteiger partial charge in [0, 0.05) is 30.3 Å². The summed E-state index contributed by atoms with van der Waals surface area (Å²) in [6.45, 7) is 5.11. The molecule has 1 saturated carbocycles. The van der Waals surface area contributed by atoms with Crippen LogP contribution in [0, 0.1) is 13.8 Å². The number of aryl methyl sites for hydroxylation is 2. The summed E-state index contributed by atoms with van der Waals surface area (Å²) < 4.78 is 0. The molecule has 1 aromatic carbocycles. The van der Waals surface area contributed by atoms with Crippen molar-refractivity contribution in [2.45, 2.75) is 39.2 Å². The van der Waals surface area contributed by atoms with Gasteiger partial charge in [0.15, 0.2) is 0 Å². The van der Waals surface area contributed by atoms with E-state index in [0.29, 0.717) is 25.6 Å². The molecule has 116 valence electrons. The predicted octanol–water partition coefficient (Wildman–Crippen LogP) is 2.35. The second kappa shape index (κ2) is 5.95. The Labute approximate surface area is 131 Å². The number of hydrogen-bond acceptors (Lipinski definition) is 2. The van der Waals surface area contributed by atoms with Gasteiger partial charge in [-0.05, 0) is 44.7 Å². The van der Waals surface area contributed by atoms with E-state index in [9.17, 15) is 9.59 Å². The van der Waals surface area contributed by atoms with Gasteiger partial charge in [-0.25, -0.2) is 0 Å². The molecule has 2 amide bonds. The summed E-state index contributed by atoms with van der Waals surface area (Å²) in [4.78, 5) is 26.4. The lowest BCUT2D eigenvalue weighted by molar-refractivity contribution is -0.117. The fourth-order valence-electron chi connectivity index (χ4n) is 2.79. The minimum atomic E-state index is 0.0427. The summed E-state index contributed by atoms with van der Waals surface area (Å²) in [5.74, 6) is 0.0940. The molecule has 2 aliphatic rings. The number of carbonyl (C=O) groups is 2. The van der Waals surface area contributed by atoms with Gasteiger partial charge in [-0.2, -0.15) is 0 Å². The fraction of sp³-hybridized carbons (Fsp3) is 0.444. The monoisotopic (exact) mass is 298 g/mol. The zero-order valence-corrected chi connectivity index (χ0v) is 13.2. The summed E-state index contributed by atoms with van der Waals surface area (Å²) in [5, 5.41) is 3.00. The maximum atomic E-state index is 12.6. The highest BCUT2D eigenvalue weighted by atomic mass is 16.2. The van der Waals surface area contributed by atoms with Crippen LogP contribution in [-0.4, -0.2) is 35.8 Å². The first-order chi connectivity index (χ1) is 10.5. The Balaban J connectivity index is 1.65. The van der Waals surface area contributed by atoms with Gasteiger partial charge in [0.1, 0.15) is 0 Å². The zero-order valence-electron chi connectivity index (χ0n) is 13.2. The van der Waals surface area contributed by atoms with E-state index in [1.54, 1.807) is 0 Å². The van der Waals surface area contributed by atoms with Gasteiger partial charge in [0.2, 0.25) is 5.91 Å². The highest BCUT2D eigenvalue weighted by Gasteiger charge is 2.27. The molecule has 1 aliphatic carbocycles. The Bertz CT molecular complexity index is 644. The van der Waals surface area contributed by atoms with Crippen molar-refractivity contribution in [3.05, 3.63) is 46.5 Å². The molecule has 1 heterocycles. The normalized spacial score (nSPS) is 17.9. The van der Waals surface area contributed by atoms with Crippen LogP contribution in [0.2, 0.25) is 0 Å². The van der Waals surface area contributed by atoms with Gasteiger partial charge in [-0.15, -0.1) is 0 Å². The van der Waals surface area contributed by atoms with Crippen molar-refractivity contribution in [1.29, 1.82) is 0 Å². The van der Waals surface area contributed by atoms with Gasteiger partial charge in [0.25, 0.3) is 5.91 Å². The number of carbonyl (C=O) groups excluding carboxylic acids is 2. The van der Waals surface area contributed by atoms with Gasteiger partial charge < -0.3 is 10.2 Å². The topological polar surface area (TPSA) is 49.4 Å². The molecule has 0 atom stereocenters. The highest BCUT2D eigenvalue weighted by molar-refractivity contribution is 5.97. The van der Waals surface area contributed by atoms with Crippen LogP contribution < -0.4 is 5.32 Å². The second-order valence-electron chi connectivity index (χ2n) is 6.30. The third kappa shape index (κ3) is 3.21. The largest absolute Gasteiger partial charge is 0.350 e. The number of benzene rings is 1. The lowest BCUT2D eigenvalue weighted by Gasteiger charge is -2.27. The molecule has 1 aliphatic heterocycles. The molecule has 0 bridgehead atoms. The smallest absolute Gasteiger partial charge is 0.254 e. The average Bonchev–Trinajstić information content (AvgIpc) is 3.31. The van der Waals surface area contributed by atoms with Crippen molar-refractivity contribution >= 4 is 11.8 Å². The first kappa shape index (κ1) is 14.8. The third-order valence-corrected chi connectivity index (χ3v) is 4.31. The molecule has 1 N–H and O–H groups in total. The Morgan fingerprint density at radius 2 is 2.00 bits per heavy atom. The summed E-state index contributed by atoms with van der Waals surface area (Å²) in [5.41, 5.74) is 3.74. The molecule has 0 saturated heterocycles. The van der Waals surface area contributed by atoms with Crippen LogP contribution in [-0.2, 0) is 4.79 Å². The van der Waals surface area contributed by atoms with Crippen LogP contribution in [0.5, 0.6) is 0 Å². The van der Waals surface area contributed by atoms with E-state index < -0.39 is 0 Å². The first-order valence-corrected chi connectivity index (χ1v) is 7.91. The molecule has 0 radical (unpaired) electrons. The van der Waals surface area contributed by atoms with Gasteiger partial charge in [-0.3, -0.25) is 9.59 Å². The third-order valence-electron chi connectivity index (χ3n) is 4.31. The molecule has 4 heteroatoms. The van der Waals surface area contributed by atoms with E-state index in [1.165, 1.54) is 0 Å². The number of rotatable bonds is 3. The Morgan fingerprint density at radius 1 is 1.23 bits per heavy atom. The van der Waals surface area contributed by atoms with Crippen LogP contribution in [0.15, 0.2) is 29.8 Å². The standard InChI is InChI=1S/C18H22N2O2/c1-12-3-6-16(13(2)11-12)18(22)20-9-7-14(8-10-20)17(21)19-15-4-5-15/h3,6-7,11,15H,4-5,8-10H2,1-2H3,(H,19,21). The average molecular weight is 298 g/mol. The van der Waals surface area contributed by atoms with Crippen LogP contribution in [0.1, 0.15) is 40.7 Å². The Kier molecular flexibility index (Phi) is 4.01. The molecule has 0 spiro atoms. The molecule has 0 unspecified atom stereocenters. The molecular weight excluding hydrogens is 276 g/mol. The molecule has 3 rings (SSSR count). The number of nitrogens with one attached hydrogen (secondary N) is 1. The predicted molar refractivity (Wildman–Crippen MR) is 85.7 cm³/mol. The molecule has 1 aromatic rings. The SMILES string of the molecule is Cc1ccc(C(=O)N2CC=C(C(=O)NC3CC3)CC2)c(C)c1. The molecule has 4 nitrogen and oxygen atoms in total. The summed E-state index contributed by atoms with van der Waals surface area (Å²) in [6, 6.07) is 6.27. The van der Waals surface area contributed by atoms with E-state index in [1.807, 2.05) is 43.0 Å². The van der Waals surface area contributed by atoms with Gasteiger partial charge >= 0.3 is 0 Å². The number of amides is 2. The van der Waals surface area contributed by atoms with E-state index in [4.69, 9.17) is 0 Å². The molecular formula is C18H22N2O2. The highest BCUT2D eigenvalue weighted by Crippen LogP contribution is 2.21. The van der Waals surface area contributed by atoms with Crippen molar-refractivity contribution in [3.63, 3.8) is 0 Å².